The molecule has 94 valence electrons. The smallest absolute Gasteiger partial charge is 0.243 e. The van der Waals surface area contributed by atoms with Gasteiger partial charge in [-0.15, -0.1) is 0 Å². The molecule has 0 radical (unpaired) electrons. The van der Waals surface area contributed by atoms with E-state index in [0.717, 1.165) is 38.8 Å². The van der Waals surface area contributed by atoms with Gasteiger partial charge < -0.3 is 4.90 Å². The van der Waals surface area contributed by atoms with Crippen LogP contribution in [0.25, 0.3) is 0 Å². The summed E-state index contributed by atoms with van der Waals surface area (Å²) < 4.78 is 0. The van der Waals surface area contributed by atoms with E-state index in [0.29, 0.717) is 11.3 Å². The average molecular weight is 234 g/mol. The maximum atomic E-state index is 12.4. The van der Waals surface area contributed by atoms with Gasteiger partial charge in [-0.3, -0.25) is 4.79 Å². The normalized spacial score (nSPS) is 35.9. The third-order valence-corrected chi connectivity index (χ3v) is 4.42. The molecule has 17 heavy (non-hydrogen) atoms. The molecule has 2 aliphatic rings. The first-order valence-corrected chi connectivity index (χ1v) is 6.59. The van der Waals surface area contributed by atoms with Gasteiger partial charge in [0.05, 0.1) is 6.07 Å². The van der Waals surface area contributed by atoms with Crippen LogP contribution in [0.15, 0.2) is 0 Å². The minimum atomic E-state index is -0.680. The highest BCUT2D eigenvalue weighted by atomic mass is 16.2. The zero-order valence-corrected chi connectivity index (χ0v) is 11.1. The van der Waals surface area contributed by atoms with Crippen molar-refractivity contribution in [1.82, 2.24) is 4.90 Å². The number of carbonyl (C=O) groups excluding carboxylic acids is 1. The molecule has 1 amide bonds. The highest BCUT2D eigenvalue weighted by Crippen LogP contribution is 2.47. The van der Waals surface area contributed by atoms with E-state index in [9.17, 15) is 10.1 Å². The zero-order chi connectivity index (χ0) is 12.7. The summed E-state index contributed by atoms with van der Waals surface area (Å²) in [6.07, 6.45) is 3.61. The predicted octanol–water partition coefficient (Wildman–Crippen LogP) is 2.57. The molecule has 1 saturated carbocycles. The van der Waals surface area contributed by atoms with Crippen molar-refractivity contribution in [2.24, 2.45) is 16.7 Å². The lowest BCUT2D eigenvalue weighted by Crippen LogP contribution is -2.52. The van der Waals surface area contributed by atoms with Crippen LogP contribution in [0.3, 0.4) is 0 Å². The van der Waals surface area contributed by atoms with Crippen molar-refractivity contribution >= 4 is 5.91 Å². The van der Waals surface area contributed by atoms with Gasteiger partial charge in [0.2, 0.25) is 5.91 Å². The van der Waals surface area contributed by atoms with E-state index in [1.165, 1.54) is 0 Å². The zero-order valence-electron chi connectivity index (χ0n) is 11.1. The molecule has 0 bridgehead atoms. The van der Waals surface area contributed by atoms with Crippen LogP contribution >= 0.6 is 0 Å². The lowest BCUT2D eigenvalue weighted by atomic mass is 9.62. The molecule has 1 saturated heterocycles. The Morgan fingerprint density at radius 3 is 2.24 bits per heavy atom. The quantitative estimate of drug-likeness (QED) is 0.700. The summed E-state index contributed by atoms with van der Waals surface area (Å²) in [6.45, 7) is 8.26. The average Bonchev–Trinajstić information content (AvgIpc) is 2.23. The van der Waals surface area contributed by atoms with Crippen LogP contribution in [0.1, 0.15) is 46.5 Å². The van der Waals surface area contributed by atoms with E-state index in [1.807, 2.05) is 4.90 Å². The molecule has 0 atom stereocenters. The lowest BCUT2D eigenvalue weighted by molar-refractivity contribution is -0.147. The second-order valence-corrected chi connectivity index (χ2v) is 6.66. The van der Waals surface area contributed by atoms with E-state index >= 15 is 0 Å². The van der Waals surface area contributed by atoms with Gasteiger partial charge in [-0.25, -0.2) is 0 Å². The second-order valence-electron chi connectivity index (χ2n) is 6.66. The number of hydrogen-bond acceptors (Lipinski definition) is 2. The minimum Gasteiger partial charge on any atom is -0.341 e. The largest absolute Gasteiger partial charge is 0.341 e. The van der Waals surface area contributed by atoms with E-state index < -0.39 is 5.41 Å². The molecule has 1 aliphatic carbocycles. The van der Waals surface area contributed by atoms with Crippen LogP contribution in [0.5, 0.6) is 0 Å². The predicted molar refractivity (Wildman–Crippen MR) is 66.0 cm³/mol. The second kappa shape index (κ2) is 4.01. The van der Waals surface area contributed by atoms with Crippen molar-refractivity contribution in [3.63, 3.8) is 0 Å². The summed E-state index contributed by atoms with van der Waals surface area (Å²) in [6, 6.07) is 2.27. The number of likely N-dealkylation sites (tertiary alicyclic amines) is 1. The first-order valence-electron chi connectivity index (χ1n) is 6.59. The summed E-state index contributed by atoms with van der Waals surface area (Å²) in [7, 11) is 0. The Balaban J connectivity index is 2.00. The number of amides is 1. The fourth-order valence-electron chi connectivity index (χ4n) is 3.06. The van der Waals surface area contributed by atoms with Crippen LogP contribution in [-0.4, -0.2) is 23.9 Å². The van der Waals surface area contributed by atoms with Gasteiger partial charge in [-0.2, -0.15) is 5.26 Å². The molecule has 0 N–H and O–H groups in total. The number of hydrogen-bond donors (Lipinski definition) is 0. The third-order valence-electron chi connectivity index (χ3n) is 4.42. The summed E-state index contributed by atoms with van der Waals surface area (Å²) in [5, 5.41) is 9.26. The van der Waals surface area contributed by atoms with Crippen molar-refractivity contribution in [2.45, 2.75) is 46.5 Å². The summed E-state index contributed by atoms with van der Waals surface area (Å²) in [4.78, 5) is 14.3. The highest BCUT2D eigenvalue weighted by Gasteiger charge is 2.51. The number of piperidine rings is 1. The molecule has 3 heteroatoms. The third kappa shape index (κ3) is 2.18. The Morgan fingerprint density at radius 1 is 1.29 bits per heavy atom. The Hall–Kier alpha value is -1.04. The fourth-order valence-corrected chi connectivity index (χ4v) is 3.06. The van der Waals surface area contributed by atoms with Gasteiger partial charge in [0.25, 0.3) is 0 Å². The molecule has 0 aromatic carbocycles. The standard InChI is InChI=1S/C14H22N2O/c1-11-8-14(9-11,10-15)12(17)16-6-4-13(2,3)5-7-16/h11H,4-9H2,1-3H3. The first kappa shape index (κ1) is 12.4. The van der Waals surface area contributed by atoms with Crippen molar-refractivity contribution in [3.05, 3.63) is 0 Å². The molecular weight excluding hydrogens is 212 g/mol. The Kier molecular flexibility index (Phi) is 2.93. The number of carbonyl (C=O) groups is 1. The fraction of sp³-hybridized carbons (Fsp3) is 0.857. The van der Waals surface area contributed by atoms with Gasteiger partial charge >= 0.3 is 0 Å². The van der Waals surface area contributed by atoms with Crippen LogP contribution in [0.2, 0.25) is 0 Å². The molecule has 1 aliphatic heterocycles. The van der Waals surface area contributed by atoms with E-state index in [1.54, 1.807) is 0 Å². The SMILES string of the molecule is CC1CC(C#N)(C(=O)N2CCC(C)(C)CC2)C1. The summed E-state index contributed by atoms with van der Waals surface area (Å²) in [5.74, 6) is 0.619. The van der Waals surface area contributed by atoms with Crippen LogP contribution < -0.4 is 0 Å². The summed E-state index contributed by atoms with van der Waals surface area (Å²) in [5.41, 5.74) is -0.329. The Bertz CT molecular complexity index is 351. The number of nitriles is 1. The van der Waals surface area contributed by atoms with Gasteiger partial charge in [0.15, 0.2) is 0 Å². The molecule has 2 fully saturated rings. The maximum absolute atomic E-state index is 12.4. The van der Waals surface area contributed by atoms with Gasteiger partial charge in [-0.05, 0) is 37.0 Å². The lowest BCUT2D eigenvalue weighted by Gasteiger charge is -2.45. The van der Waals surface area contributed by atoms with Crippen molar-refractivity contribution in [2.75, 3.05) is 13.1 Å². The number of rotatable bonds is 1. The molecule has 0 aromatic heterocycles. The van der Waals surface area contributed by atoms with Gasteiger partial charge in [0.1, 0.15) is 5.41 Å². The summed E-state index contributed by atoms with van der Waals surface area (Å²) >= 11 is 0. The van der Waals surface area contributed by atoms with Crippen LogP contribution in [0.4, 0.5) is 0 Å². The molecule has 3 nitrogen and oxygen atoms in total. The van der Waals surface area contributed by atoms with Crippen molar-refractivity contribution in [1.29, 1.82) is 5.26 Å². The molecule has 2 rings (SSSR count). The highest BCUT2D eigenvalue weighted by molar-refractivity contribution is 5.86. The van der Waals surface area contributed by atoms with E-state index in [4.69, 9.17) is 0 Å². The van der Waals surface area contributed by atoms with E-state index in [-0.39, 0.29) is 5.91 Å². The first-order chi connectivity index (χ1) is 7.88. The van der Waals surface area contributed by atoms with Gasteiger partial charge in [0, 0.05) is 13.1 Å². The maximum Gasteiger partial charge on any atom is 0.243 e. The molecule has 0 aromatic rings. The minimum absolute atomic E-state index is 0.0913. The monoisotopic (exact) mass is 234 g/mol. The van der Waals surface area contributed by atoms with Crippen LogP contribution in [0, 0.1) is 28.1 Å². The Labute approximate surface area is 104 Å². The Morgan fingerprint density at radius 2 is 1.82 bits per heavy atom. The number of nitrogens with zero attached hydrogens (tertiary/aromatic N) is 2. The molecule has 0 unspecified atom stereocenters. The molecule has 1 heterocycles. The van der Waals surface area contributed by atoms with Gasteiger partial charge in [-0.1, -0.05) is 20.8 Å². The van der Waals surface area contributed by atoms with Crippen LogP contribution in [-0.2, 0) is 4.79 Å². The van der Waals surface area contributed by atoms with Crippen molar-refractivity contribution in [3.8, 4) is 6.07 Å². The molecule has 0 spiro atoms. The molecular formula is C14H22N2O. The topological polar surface area (TPSA) is 44.1 Å². The van der Waals surface area contributed by atoms with E-state index in [2.05, 4.69) is 26.8 Å². The van der Waals surface area contributed by atoms with Crippen molar-refractivity contribution < 1.29 is 4.79 Å².